The van der Waals surface area contributed by atoms with E-state index in [-0.39, 0.29) is 18.4 Å². The number of rotatable bonds is 16. The molecule has 2 atom stereocenters. The fraction of sp³-hybridized carbons (Fsp3) is 0.483. The van der Waals surface area contributed by atoms with Crippen LogP contribution in [0.25, 0.3) is 0 Å². The smallest absolute Gasteiger partial charge is 0.302 e. The van der Waals surface area contributed by atoms with Crippen LogP contribution in [0, 0.1) is 0 Å². The van der Waals surface area contributed by atoms with Gasteiger partial charge in [-0.1, -0.05) is 42.5 Å². The van der Waals surface area contributed by atoms with Crippen molar-refractivity contribution in [2.45, 2.75) is 39.1 Å². The predicted molar refractivity (Wildman–Crippen MR) is 152 cm³/mol. The molecule has 2 aromatic rings. The summed E-state index contributed by atoms with van der Waals surface area (Å²) < 4.78 is 5.11. The molecule has 10 nitrogen and oxygen atoms in total. The van der Waals surface area contributed by atoms with Crippen LogP contribution in [-0.2, 0) is 32.0 Å². The van der Waals surface area contributed by atoms with Crippen molar-refractivity contribution in [3.63, 3.8) is 0 Å². The van der Waals surface area contributed by atoms with Gasteiger partial charge >= 0.3 is 5.97 Å². The number of carbonyl (C=O) groups is 3. The summed E-state index contributed by atoms with van der Waals surface area (Å²) in [5.74, 6) is -0.698. The number of hydrogen-bond acceptors (Lipinski definition) is 8. The van der Waals surface area contributed by atoms with E-state index in [1.165, 1.54) is 13.8 Å². The second-order valence-electron chi connectivity index (χ2n) is 9.75. The zero-order chi connectivity index (χ0) is 28.8. The Morgan fingerprint density at radius 2 is 1.56 bits per heavy atom. The number of esters is 1. The van der Waals surface area contributed by atoms with E-state index in [1.807, 2.05) is 73.6 Å². The third-order valence-electron chi connectivity index (χ3n) is 6.32. The predicted octanol–water partition coefficient (Wildman–Crippen LogP) is 1.23. The Morgan fingerprint density at radius 1 is 0.897 bits per heavy atom. The number of aliphatic hydroxyl groups is 1. The van der Waals surface area contributed by atoms with E-state index < -0.39 is 18.4 Å². The second kappa shape index (κ2) is 16.6. The first-order chi connectivity index (χ1) is 18.6. The van der Waals surface area contributed by atoms with Crippen LogP contribution in [0.1, 0.15) is 25.0 Å². The lowest BCUT2D eigenvalue weighted by Gasteiger charge is -2.31. The van der Waals surface area contributed by atoms with Crippen LogP contribution in [0.15, 0.2) is 54.6 Å². The highest BCUT2D eigenvalue weighted by Gasteiger charge is 2.25. The number of anilines is 1. The zero-order valence-corrected chi connectivity index (χ0v) is 23.7. The first kappa shape index (κ1) is 31.9. The number of nitrogens with one attached hydrogen (secondary N) is 2. The van der Waals surface area contributed by atoms with E-state index in [4.69, 9.17) is 4.74 Å². The van der Waals surface area contributed by atoms with Gasteiger partial charge in [0.15, 0.2) is 6.35 Å². The normalized spacial score (nSPS) is 12.7. The van der Waals surface area contributed by atoms with Gasteiger partial charge in [-0.15, -0.1) is 0 Å². The molecular formula is C29H43N5O5. The quantitative estimate of drug-likeness (QED) is 0.215. The molecule has 3 N–H and O–H groups in total. The standard InChI is InChI=1S/C29H43N5O5/c1-22(35)33(5)26-13-11-25(12-14-26)21-27(28(37)30-16-18-32(3)4)31-29(38)34(19-20-39-23(2)36)17-15-24-9-7-6-8-10-24/h6-14,27,29,31,38H,15-21H2,1-5H3,(H,30,37)/t27-,29?/m0/s1. The molecule has 0 radical (unpaired) electrons. The average Bonchev–Trinajstić information content (AvgIpc) is 2.90. The molecule has 0 spiro atoms. The lowest BCUT2D eigenvalue weighted by atomic mass is 10.0. The largest absolute Gasteiger partial charge is 0.465 e. The van der Waals surface area contributed by atoms with Gasteiger partial charge in [-0.3, -0.25) is 24.6 Å². The third kappa shape index (κ3) is 12.0. The Hall–Kier alpha value is -3.31. The van der Waals surface area contributed by atoms with Crippen molar-refractivity contribution in [3.8, 4) is 0 Å². The maximum atomic E-state index is 13.2. The van der Waals surface area contributed by atoms with Gasteiger partial charge in [0.1, 0.15) is 6.61 Å². The summed E-state index contributed by atoms with van der Waals surface area (Å²) in [4.78, 5) is 41.4. The highest BCUT2D eigenvalue weighted by atomic mass is 16.5. The summed E-state index contributed by atoms with van der Waals surface area (Å²) in [5, 5.41) is 17.2. The van der Waals surface area contributed by atoms with Crippen molar-refractivity contribution in [2.24, 2.45) is 0 Å². The Bertz CT molecular complexity index is 1030. The molecule has 0 aromatic heterocycles. The van der Waals surface area contributed by atoms with Crippen molar-refractivity contribution >= 4 is 23.5 Å². The second-order valence-corrected chi connectivity index (χ2v) is 9.75. The SMILES string of the molecule is CC(=O)OCCN(CCc1ccccc1)C(O)N[C@@H](Cc1ccc(N(C)C(C)=O)cc1)C(=O)NCCN(C)C. The van der Waals surface area contributed by atoms with Gasteiger partial charge < -0.3 is 25.0 Å². The molecule has 0 heterocycles. The highest BCUT2D eigenvalue weighted by Crippen LogP contribution is 2.15. The summed E-state index contributed by atoms with van der Waals surface area (Å²) in [6.45, 7) is 4.88. The van der Waals surface area contributed by atoms with Crippen LogP contribution < -0.4 is 15.5 Å². The Balaban J connectivity index is 2.17. The molecule has 39 heavy (non-hydrogen) atoms. The molecule has 0 aliphatic rings. The van der Waals surface area contributed by atoms with Crippen LogP contribution in [-0.4, -0.2) is 99.0 Å². The van der Waals surface area contributed by atoms with E-state index in [1.54, 1.807) is 16.8 Å². The summed E-state index contributed by atoms with van der Waals surface area (Å²) in [6.07, 6.45) is -0.160. The van der Waals surface area contributed by atoms with Crippen LogP contribution >= 0.6 is 0 Å². The molecule has 0 aliphatic heterocycles. The van der Waals surface area contributed by atoms with E-state index in [2.05, 4.69) is 10.6 Å². The fourth-order valence-electron chi connectivity index (χ4n) is 3.89. The van der Waals surface area contributed by atoms with Gasteiger partial charge in [-0.05, 0) is 50.2 Å². The maximum absolute atomic E-state index is 13.2. The van der Waals surface area contributed by atoms with Crippen molar-refractivity contribution in [2.75, 3.05) is 58.8 Å². The maximum Gasteiger partial charge on any atom is 0.302 e. The number of benzene rings is 2. The monoisotopic (exact) mass is 541 g/mol. The minimum atomic E-state index is -1.16. The fourth-order valence-corrected chi connectivity index (χ4v) is 3.89. The number of carbonyl (C=O) groups excluding carboxylic acids is 3. The van der Waals surface area contributed by atoms with Crippen molar-refractivity contribution in [1.82, 2.24) is 20.4 Å². The lowest BCUT2D eigenvalue weighted by Crippen LogP contribution is -2.56. The molecule has 2 rings (SSSR count). The van der Waals surface area contributed by atoms with E-state index in [0.29, 0.717) is 39.0 Å². The van der Waals surface area contributed by atoms with Gasteiger partial charge in [-0.2, -0.15) is 0 Å². The van der Waals surface area contributed by atoms with Gasteiger partial charge in [0.25, 0.3) is 0 Å². The average molecular weight is 542 g/mol. The highest BCUT2D eigenvalue weighted by molar-refractivity contribution is 5.90. The van der Waals surface area contributed by atoms with E-state index in [0.717, 1.165) is 16.8 Å². The van der Waals surface area contributed by atoms with Crippen molar-refractivity contribution < 1.29 is 24.2 Å². The van der Waals surface area contributed by atoms with Crippen molar-refractivity contribution in [3.05, 3.63) is 65.7 Å². The summed E-state index contributed by atoms with van der Waals surface area (Å²) in [5.41, 5.74) is 2.73. The van der Waals surface area contributed by atoms with Crippen LogP contribution in [0.4, 0.5) is 5.69 Å². The molecule has 10 heteroatoms. The number of hydrogen-bond donors (Lipinski definition) is 3. The summed E-state index contributed by atoms with van der Waals surface area (Å²) >= 11 is 0. The summed E-state index contributed by atoms with van der Waals surface area (Å²) in [6, 6.07) is 16.6. The molecule has 0 fully saturated rings. The number of likely N-dealkylation sites (N-methyl/N-ethyl adjacent to an activating group) is 1. The molecule has 2 amide bonds. The van der Waals surface area contributed by atoms with Crippen LogP contribution in [0.3, 0.4) is 0 Å². The minimum Gasteiger partial charge on any atom is -0.465 e. The van der Waals surface area contributed by atoms with Gasteiger partial charge in [0, 0.05) is 52.8 Å². The lowest BCUT2D eigenvalue weighted by molar-refractivity contribution is -0.142. The minimum absolute atomic E-state index is 0.0740. The van der Waals surface area contributed by atoms with E-state index >= 15 is 0 Å². The molecule has 0 aliphatic carbocycles. The van der Waals surface area contributed by atoms with Gasteiger partial charge in [-0.25, -0.2) is 0 Å². The summed E-state index contributed by atoms with van der Waals surface area (Å²) in [7, 11) is 5.56. The molecule has 0 bridgehead atoms. The van der Waals surface area contributed by atoms with Crippen LogP contribution in [0.2, 0.25) is 0 Å². The number of nitrogens with zero attached hydrogens (tertiary/aromatic N) is 3. The zero-order valence-electron chi connectivity index (χ0n) is 23.7. The van der Waals surface area contributed by atoms with Gasteiger partial charge in [0.05, 0.1) is 6.04 Å². The Labute approximate surface area is 231 Å². The topological polar surface area (TPSA) is 114 Å². The Morgan fingerprint density at radius 3 is 2.15 bits per heavy atom. The number of ether oxygens (including phenoxy) is 1. The molecule has 0 saturated carbocycles. The van der Waals surface area contributed by atoms with E-state index in [9.17, 15) is 19.5 Å². The number of amides is 2. The van der Waals surface area contributed by atoms with Crippen molar-refractivity contribution in [1.29, 1.82) is 0 Å². The number of aliphatic hydroxyl groups excluding tert-OH is 1. The molecule has 214 valence electrons. The molecule has 1 unspecified atom stereocenters. The third-order valence-corrected chi connectivity index (χ3v) is 6.32. The Kier molecular flexibility index (Phi) is 13.6. The first-order valence-corrected chi connectivity index (χ1v) is 13.2. The van der Waals surface area contributed by atoms with Gasteiger partial charge in [0.2, 0.25) is 11.8 Å². The molecule has 0 saturated heterocycles. The van der Waals surface area contributed by atoms with Crippen LogP contribution in [0.5, 0.6) is 0 Å². The molecular weight excluding hydrogens is 498 g/mol. The molecule has 2 aromatic carbocycles. The first-order valence-electron chi connectivity index (χ1n) is 13.2.